The van der Waals surface area contributed by atoms with Crippen LogP contribution in [0.15, 0.2) is 41.8 Å². The molecule has 1 aromatic rings. The van der Waals surface area contributed by atoms with Gasteiger partial charge in [0.1, 0.15) is 0 Å². The fourth-order valence-corrected chi connectivity index (χ4v) is 3.32. The fourth-order valence-electron chi connectivity index (χ4n) is 1.71. The first-order valence-electron chi connectivity index (χ1n) is 6.04. The van der Waals surface area contributed by atoms with Crippen LogP contribution in [0.2, 0.25) is 0 Å². The average Bonchev–Trinajstić information content (AvgIpc) is 2.35. The molecule has 19 heavy (non-hydrogen) atoms. The van der Waals surface area contributed by atoms with Crippen LogP contribution in [-0.4, -0.2) is 31.1 Å². The molecule has 0 aliphatic carbocycles. The van der Waals surface area contributed by atoms with E-state index in [-0.39, 0.29) is 23.3 Å². The summed E-state index contributed by atoms with van der Waals surface area (Å²) in [4.78, 5) is 11.4. The van der Waals surface area contributed by atoms with Gasteiger partial charge in [-0.15, -0.1) is 6.58 Å². The quantitative estimate of drug-likeness (QED) is 0.594. The zero-order valence-corrected chi connectivity index (χ0v) is 12.3. The lowest BCUT2D eigenvalue weighted by atomic mass is 10.2. The van der Waals surface area contributed by atoms with Crippen LogP contribution in [-0.2, 0) is 10.0 Å². The SMILES string of the molecule is C=CCN(C(C)C)S(=O)(=O)c1ccc(C(C)=O)cc1. The summed E-state index contributed by atoms with van der Waals surface area (Å²) >= 11 is 0. The molecule has 0 saturated carbocycles. The van der Waals surface area contributed by atoms with Crippen molar-refractivity contribution in [3.8, 4) is 0 Å². The lowest BCUT2D eigenvalue weighted by molar-refractivity contribution is 0.101. The molecule has 0 amide bonds. The molecule has 1 aromatic carbocycles. The smallest absolute Gasteiger partial charge is 0.243 e. The number of hydrogen-bond donors (Lipinski definition) is 0. The topological polar surface area (TPSA) is 54.5 Å². The number of benzene rings is 1. The van der Waals surface area contributed by atoms with E-state index in [0.717, 1.165) is 0 Å². The number of nitrogens with zero attached hydrogens (tertiary/aromatic N) is 1. The molecule has 5 heteroatoms. The Labute approximate surface area is 114 Å². The largest absolute Gasteiger partial charge is 0.295 e. The summed E-state index contributed by atoms with van der Waals surface area (Å²) in [5, 5.41) is 0. The highest BCUT2D eigenvalue weighted by Crippen LogP contribution is 2.19. The predicted molar refractivity (Wildman–Crippen MR) is 75.7 cm³/mol. The second-order valence-corrected chi connectivity index (χ2v) is 6.43. The van der Waals surface area contributed by atoms with Crippen LogP contribution in [0, 0.1) is 0 Å². The third-order valence-electron chi connectivity index (χ3n) is 2.75. The Kier molecular flexibility index (Phi) is 5.03. The third-order valence-corrected chi connectivity index (χ3v) is 4.81. The van der Waals surface area contributed by atoms with Crippen LogP contribution < -0.4 is 0 Å². The summed E-state index contributed by atoms with van der Waals surface area (Å²) in [6, 6.07) is 5.83. The molecule has 0 heterocycles. The molecule has 0 radical (unpaired) electrons. The number of carbonyl (C=O) groups is 1. The maximum atomic E-state index is 12.4. The first-order chi connectivity index (χ1) is 8.80. The summed E-state index contributed by atoms with van der Waals surface area (Å²) in [5.74, 6) is -0.0873. The standard InChI is InChI=1S/C14H19NO3S/c1-5-10-15(11(2)3)19(17,18)14-8-6-13(7-9-14)12(4)16/h5-9,11H,1,10H2,2-4H3. The number of rotatable bonds is 6. The second kappa shape index (κ2) is 6.12. The van der Waals surface area contributed by atoms with Gasteiger partial charge in [0, 0.05) is 18.2 Å². The van der Waals surface area contributed by atoms with Gasteiger partial charge in [-0.3, -0.25) is 4.79 Å². The van der Waals surface area contributed by atoms with Crippen LogP contribution in [0.25, 0.3) is 0 Å². The maximum absolute atomic E-state index is 12.4. The zero-order valence-electron chi connectivity index (χ0n) is 11.5. The molecule has 0 atom stereocenters. The van der Waals surface area contributed by atoms with Crippen molar-refractivity contribution < 1.29 is 13.2 Å². The molecule has 1 rings (SSSR count). The minimum Gasteiger partial charge on any atom is -0.295 e. The number of hydrogen-bond acceptors (Lipinski definition) is 3. The molecule has 0 aliphatic rings. The van der Waals surface area contributed by atoms with Crippen molar-refractivity contribution in [1.82, 2.24) is 4.31 Å². The van der Waals surface area contributed by atoms with E-state index in [1.165, 1.54) is 35.5 Å². The van der Waals surface area contributed by atoms with Crippen LogP contribution in [0.1, 0.15) is 31.1 Å². The highest BCUT2D eigenvalue weighted by molar-refractivity contribution is 7.89. The van der Waals surface area contributed by atoms with Gasteiger partial charge in [-0.05, 0) is 32.9 Å². The van der Waals surface area contributed by atoms with Gasteiger partial charge < -0.3 is 0 Å². The molecule has 4 nitrogen and oxygen atoms in total. The molecular formula is C14H19NO3S. The molecule has 0 fully saturated rings. The Morgan fingerprint density at radius 1 is 1.32 bits per heavy atom. The van der Waals surface area contributed by atoms with Gasteiger partial charge in [0.05, 0.1) is 4.90 Å². The van der Waals surface area contributed by atoms with E-state index in [1.54, 1.807) is 6.08 Å². The van der Waals surface area contributed by atoms with Gasteiger partial charge in [0.25, 0.3) is 0 Å². The molecule has 0 unspecified atom stereocenters. The number of Topliss-reactive ketones (excluding diaryl/α,β-unsaturated/α-hetero) is 1. The van der Waals surface area contributed by atoms with Crippen molar-refractivity contribution in [2.45, 2.75) is 31.7 Å². The van der Waals surface area contributed by atoms with Gasteiger partial charge in [0.15, 0.2) is 5.78 Å². The van der Waals surface area contributed by atoms with Crippen LogP contribution in [0.3, 0.4) is 0 Å². The Balaban J connectivity index is 3.18. The zero-order chi connectivity index (χ0) is 14.6. The van der Waals surface area contributed by atoms with Gasteiger partial charge in [-0.2, -0.15) is 4.31 Å². The van der Waals surface area contributed by atoms with Gasteiger partial charge in [-0.1, -0.05) is 18.2 Å². The van der Waals surface area contributed by atoms with Crippen molar-refractivity contribution in [2.24, 2.45) is 0 Å². The minimum absolute atomic E-state index is 0.0873. The van der Waals surface area contributed by atoms with Crippen LogP contribution >= 0.6 is 0 Å². The van der Waals surface area contributed by atoms with Gasteiger partial charge >= 0.3 is 0 Å². The summed E-state index contributed by atoms with van der Waals surface area (Å²) < 4.78 is 26.2. The first kappa shape index (κ1) is 15.6. The minimum atomic E-state index is -3.55. The highest BCUT2D eigenvalue weighted by Gasteiger charge is 2.25. The van der Waals surface area contributed by atoms with E-state index in [2.05, 4.69) is 6.58 Å². The number of ketones is 1. The summed E-state index contributed by atoms with van der Waals surface area (Å²) in [7, 11) is -3.55. The molecule has 0 saturated heterocycles. The Morgan fingerprint density at radius 2 is 1.84 bits per heavy atom. The van der Waals surface area contributed by atoms with Crippen molar-refractivity contribution >= 4 is 15.8 Å². The first-order valence-corrected chi connectivity index (χ1v) is 7.48. The van der Waals surface area contributed by atoms with E-state index in [1.807, 2.05) is 13.8 Å². The van der Waals surface area contributed by atoms with Gasteiger partial charge in [-0.25, -0.2) is 8.42 Å². The molecule has 0 N–H and O–H groups in total. The van der Waals surface area contributed by atoms with E-state index in [9.17, 15) is 13.2 Å². The summed E-state index contributed by atoms with van der Waals surface area (Å²) in [5.41, 5.74) is 0.499. The Hall–Kier alpha value is -1.46. The van der Waals surface area contributed by atoms with E-state index in [0.29, 0.717) is 5.56 Å². The second-order valence-electron chi connectivity index (χ2n) is 4.54. The molecular weight excluding hydrogens is 262 g/mol. The number of carbonyl (C=O) groups excluding carboxylic acids is 1. The van der Waals surface area contributed by atoms with E-state index < -0.39 is 10.0 Å². The predicted octanol–water partition coefficient (Wildman–Crippen LogP) is 2.47. The van der Waals surface area contributed by atoms with Crippen molar-refractivity contribution in [1.29, 1.82) is 0 Å². The average molecular weight is 281 g/mol. The highest BCUT2D eigenvalue weighted by atomic mass is 32.2. The lowest BCUT2D eigenvalue weighted by Crippen LogP contribution is -2.37. The summed E-state index contributed by atoms with van der Waals surface area (Å²) in [6.07, 6.45) is 1.56. The molecule has 0 aromatic heterocycles. The third kappa shape index (κ3) is 3.52. The van der Waals surface area contributed by atoms with Crippen LogP contribution in [0.5, 0.6) is 0 Å². The van der Waals surface area contributed by atoms with E-state index >= 15 is 0 Å². The van der Waals surface area contributed by atoms with Crippen molar-refractivity contribution in [3.63, 3.8) is 0 Å². The van der Waals surface area contributed by atoms with Crippen molar-refractivity contribution in [2.75, 3.05) is 6.54 Å². The van der Waals surface area contributed by atoms with Crippen LogP contribution in [0.4, 0.5) is 0 Å². The molecule has 0 spiro atoms. The molecule has 0 aliphatic heterocycles. The fraction of sp³-hybridized carbons (Fsp3) is 0.357. The maximum Gasteiger partial charge on any atom is 0.243 e. The monoisotopic (exact) mass is 281 g/mol. The number of sulfonamides is 1. The lowest BCUT2D eigenvalue weighted by Gasteiger charge is -2.24. The normalized spacial score (nSPS) is 11.8. The van der Waals surface area contributed by atoms with E-state index in [4.69, 9.17) is 0 Å². The van der Waals surface area contributed by atoms with Crippen molar-refractivity contribution in [3.05, 3.63) is 42.5 Å². The molecule has 104 valence electrons. The summed E-state index contributed by atoms with van der Waals surface area (Å²) in [6.45, 7) is 8.90. The Morgan fingerprint density at radius 3 is 2.21 bits per heavy atom. The van der Waals surface area contributed by atoms with Gasteiger partial charge in [0.2, 0.25) is 10.0 Å². The molecule has 0 bridgehead atoms. The Bertz CT molecular complexity index is 559.